The number of amides is 1. The molecule has 3 rings (SSSR count). The first-order chi connectivity index (χ1) is 13.0. The minimum atomic E-state index is -0.493. The number of nitrogens with two attached hydrogens (primary N) is 1. The monoisotopic (exact) mass is 371 g/mol. The van der Waals surface area contributed by atoms with Gasteiger partial charge in [-0.25, -0.2) is 4.63 Å². The molecule has 0 fully saturated rings. The Morgan fingerprint density at radius 1 is 1.19 bits per heavy atom. The zero-order valence-corrected chi connectivity index (χ0v) is 14.8. The molecule has 0 aliphatic heterocycles. The van der Waals surface area contributed by atoms with Crippen LogP contribution in [-0.4, -0.2) is 34.4 Å². The van der Waals surface area contributed by atoms with Gasteiger partial charge in [-0.15, -0.1) is 0 Å². The Bertz CT molecular complexity index is 885. The lowest BCUT2D eigenvalue weighted by Crippen LogP contribution is -2.32. The summed E-state index contributed by atoms with van der Waals surface area (Å²) in [6, 6.07) is 11.4. The van der Waals surface area contributed by atoms with E-state index in [1.54, 1.807) is 6.92 Å². The highest BCUT2D eigenvalue weighted by Crippen LogP contribution is 2.24. The second kappa shape index (κ2) is 8.47. The molecule has 2 heterocycles. The highest BCUT2D eigenvalue weighted by Gasteiger charge is 2.14. The van der Waals surface area contributed by atoms with Crippen LogP contribution >= 0.6 is 0 Å². The summed E-state index contributed by atoms with van der Waals surface area (Å²) in [4.78, 5) is 11.8. The third kappa shape index (κ3) is 4.72. The number of carbonyl (C=O) groups is 1. The van der Waals surface area contributed by atoms with Gasteiger partial charge in [-0.1, -0.05) is 24.3 Å². The van der Waals surface area contributed by atoms with Gasteiger partial charge in [0, 0.05) is 18.7 Å². The van der Waals surface area contributed by atoms with Crippen molar-refractivity contribution in [1.82, 2.24) is 20.9 Å². The largest absolute Gasteiger partial charge is 0.460 e. The number of aliphatic hydroxyl groups excluding tert-OH is 1. The van der Waals surface area contributed by atoms with Crippen LogP contribution in [0.25, 0.3) is 11.3 Å². The van der Waals surface area contributed by atoms with Gasteiger partial charge in [0.1, 0.15) is 11.5 Å². The predicted molar refractivity (Wildman–Crippen MR) is 97.5 cm³/mol. The molecule has 0 spiro atoms. The van der Waals surface area contributed by atoms with E-state index in [9.17, 15) is 9.90 Å². The van der Waals surface area contributed by atoms with Gasteiger partial charge in [0.05, 0.1) is 12.6 Å². The molecule has 9 nitrogen and oxygen atoms in total. The fourth-order valence-corrected chi connectivity index (χ4v) is 2.47. The zero-order valence-electron chi connectivity index (χ0n) is 14.8. The molecule has 0 aliphatic rings. The Morgan fingerprint density at radius 3 is 2.63 bits per heavy atom. The molecule has 27 heavy (non-hydrogen) atoms. The fraction of sp³-hybridized carbons (Fsp3) is 0.278. The van der Waals surface area contributed by atoms with Crippen molar-refractivity contribution in [3.8, 4) is 11.3 Å². The zero-order chi connectivity index (χ0) is 19.2. The summed E-state index contributed by atoms with van der Waals surface area (Å²) in [7, 11) is 0. The average molecular weight is 371 g/mol. The van der Waals surface area contributed by atoms with Gasteiger partial charge in [0.2, 0.25) is 11.5 Å². The number of anilines is 1. The van der Waals surface area contributed by atoms with Crippen LogP contribution in [0.1, 0.15) is 34.8 Å². The SMILES string of the molecule is C[C@H](O)c1ccc(-c2ccc(CNCCNC(=O)c3nonc3N)o2)cc1. The standard InChI is InChI=1S/C18H21N5O4/c1-11(24)12-2-4-13(5-3-12)15-7-6-14(26-15)10-20-8-9-21-18(25)16-17(19)23-27-22-16/h2-7,11,20,24H,8-10H2,1H3,(H2,19,23)(H,21,25)/t11-/m0/s1. The van der Waals surface area contributed by atoms with Gasteiger partial charge in [-0.2, -0.15) is 0 Å². The Hall–Kier alpha value is -3.17. The number of aromatic nitrogens is 2. The molecule has 0 saturated heterocycles. The summed E-state index contributed by atoms with van der Waals surface area (Å²) >= 11 is 0. The number of aliphatic hydroxyl groups is 1. The summed E-state index contributed by atoms with van der Waals surface area (Å²) in [5.41, 5.74) is 7.23. The number of furan rings is 1. The predicted octanol–water partition coefficient (Wildman–Crippen LogP) is 1.48. The van der Waals surface area contributed by atoms with Gasteiger partial charge in [-0.3, -0.25) is 4.79 Å². The van der Waals surface area contributed by atoms with Crippen LogP contribution in [0.4, 0.5) is 5.82 Å². The molecule has 1 aromatic carbocycles. The van der Waals surface area contributed by atoms with E-state index in [-0.39, 0.29) is 11.5 Å². The maximum atomic E-state index is 11.8. The minimum absolute atomic E-state index is 0.0210. The Balaban J connectivity index is 1.43. The van der Waals surface area contributed by atoms with E-state index in [0.29, 0.717) is 19.6 Å². The van der Waals surface area contributed by atoms with E-state index in [0.717, 1.165) is 22.6 Å². The van der Waals surface area contributed by atoms with Gasteiger partial charge < -0.3 is 25.9 Å². The molecule has 9 heteroatoms. The van der Waals surface area contributed by atoms with Crippen molar-refractivity contribution in [3.05, 3.63) is 53.4 Å². The average Bonchev–Trinajstić information content (AvgIpc) is 3.30. The number of nitrogen functional groups attached to an aromatic ring is 1. The van der Waals surface area contributed by atoms with Crippen LogP contribution in [0.2, 0.25) is 0 Å². The van der Waals surface area contributed by atoms with E-state index >= 15 is 0 Å². The number of nitrogens with one attached hydrogen (secondary N) is 2. The maximum Gasteiger partial charge on any atom is 0.277 e. The lowest BCUT2D eigenvalue weighted by atomic mass is 10.1. The first-order valence-electron chi connectivity index (χ1n) is 8.48. The number of rotatable bonds is 8. The molecular formula is C18H21N5O4. The van der Waals surface area contributed by atoms with Crippen molar-refractivity contribution in [1.29, 1.82) is 0 Å². The highest BCUT2D eigenvalue weighted by atomic mass is 16.6. The van der Waals surface area contributed by atoms with Crippen LogP contribution in [0.15, 0.2) is 45.4 Å². The highest BCUT2D eigenvalue weighted by molar-refractivity contribution is 5.95. The first kappa shape index (κ1) is 18.6. The summed E-state index contributed by atoms with van der Waals surface area (Å²) in [6.07, 6.45) is -0.493. The van der Waals surface area contributed by atoms with Crippen molar-refractivity contribution in [3.63, 3.8) is 0 Å². The topological polar surface area (TPSA) is 139 Å². The van der Waals surface area contributed by atoms with E-state index < -0.39 is 12.0 Å². The smallest absolute Gasteiger partial charge is 0.277 e. The quantitative estimate of drug-likeness (QED) is 0.437. The third-order valence-electron chi connectivity index (χ3n) is 3.95. The van der Waals surface area contributed by atoms with Crippen molar-refractivity contribution in [2.75, 3.05) is 18.8 Å². The van der Waals surface area contributed by atoms with Crippen molar-refractivity contribution >= 4 is 11.7 Å². The fourth-order valence-electron chi connectivity index (χ4n) is 2.47. The number of hydrogen-bond donors (Lipinski definition) is 4. The van der Waals surface area contributed by atoms with E-state index in [1.165, 1.54) is 0 Å². The summed E-state index contributed by atoms with van der Waals surface area (Å²) < 4.78 is 10.2. The van der Waals surface area contributed by atoms with Crippen LogP contribution in [0, 0.1) is 0 Å². The lowest BCUT2D eigenvalue weighted by Gasteiger charge is -2.05. The molecule has 2 aromatic heterocycles. The van der Waals surface area contributed by atoms with Crippen LogP contribution in [0.3, 0.4) is 0 Å². The lowest BCUT2D eigenvalue weighted by molar-refractivity contribution is 0.0944. The van der Waals surface area contributed by atoms with Gasteiger partial charge >= 0.3 is 0 Å². The molecule has 3 aromatic rings. The summed E-state index contributed by atoms with van der Waals surface area (Å²) in [5.74, 6) is 1.06. The second-order valence-corrected chi connectivity index (χ2v) is 5.99. The van der Waals surface area contributed by atoms with Gasteiger partial charge in [0.25, 0.3) is 5.91 Å². The van der Waals surface area contributed by atoms with Crippen molar-refractivity contribution < 1.29 is 18.9 Å². The molecular weight excluding hydrogens is 350 g/mol. The first-order valence-corrected chi connectivity index (χ1v) is 8.48. The van der Waals surface area contributed by atoms with Crippen LogP contribution < -0.4 is 16.4 Å². The second-order valence-electron chi connectivity index (χ2n) is 5.99. The summed E-state index contributed by atoms with van der Waals surface area (Å²) in [6.45, 7) is 3.18. The molecule has 5 N–H and O–H groups in total. The molecule has 0 unspecified atom stereocenters. The van der Waals surface area contributed by atoms with Gasteiger partial charge in [-0.05, 0) is 34.9 Å². The van der Waals surface area contributed by atoms with Crippen molar-refractivity contribution in [2.24, 2.45) is 0 Å². The Labute approximate surface area is 155 Å². The minimum Gasteiger partial charge on any atom is -0.460 e. The van der Waals surface area contributed by atoms with Crippen LogP contribution in [-0.2, 0) is 6.54 Å². The van der Waals surface area contributed by atoms with E-state index in [4.69, 9.17) is 10.2 Å². The third-order valence-corrected chi connectivity index (χ3v) is 3.95. The molecule has 1 atom stereocenters. The summed E-state index contributed by atoms with van der Waals surface area (Å²) in [5, 5.41) is 22.2. The van der Waals surface area contributed by atoms with Gasteiger partial charge in [0.15, 0.2) is 0 Å². The van der Waals surface area contributed by atoms with E-state index in [2.05, 4.69) is 25.6 Å². The van der Waals surface area contributed by atoms with Crippen molar-refractivity contribution in [2.45, 2.75) is 19.6 Å². The molecule has 142 valence electrons. The molecule has 0 aliphatic carbocycles. The molecule has 1 amide bonds. The molecule has 0 saturated carbocycles. The number of nitrogens with zero attached hydrogens (tertiary/aromatic N) is 2. The molecule has 0 bridgehead atoms. The number of benzene rings is 1. The van der Waals surface area contributed by atoms with Crippen LogP contribution in [0.5, 0.6) is 0 Å². The number of carbonyl (C=O) groups excluding carboxylic acids is 1. The Kier molecular flexibility index (Phi) is 5.84. The molecule has 0 radical (unpaired) electrons. The van der Waals surface area contributed by atoms with E-state index in [1.807, 2.05) is 36.4 Å². The maximum absolute atomic E-state index is 11.8. The Morgan fingerprint density at radius 2 is 1.96 bits per heavy atom. The number of hydrogen-bond acceptors (Lipinski definition) is 8. The normalized spacial score (nSPS) is 12.1.